The quantitative estimate of drug-likeness (QED) is 0.922. The van der Waals surface area contributed by atoms with E-state index < -0.39 is 11.7 Å². The van der Waals surface area contributed by atoms with E-state index >= 15 is 0 Å². The lowest BCUT2D eigenvalue weighted by molar-refractivity contribution is -0.137. The molecule has 114 valence electrons. The first-order chi connectivity index (χ1) is 9.94. The molecule has 0 saturated carbocycles. The van der Waals surface area contributed by atoms with Crippen LogP contribution in [0, 0.1) is 0 Å². The molecule has 0 saturated heterocycles. The Hall–Kier alpha value is -2.02. The second kappa shape index (κ2) is 6.17. The van der Waals surface area contributed by atoms with Gasteiger partial charge < -0.3 is 10.1 Å². The number of methoxy groups -OCH3 is 1. The van der Waals surface area contributed by atoms with Crippen molar-refractivity contribution in [1.82, 2.24) is 15.1 Å². The summed E-state index contributed by atoms with van der Waals surface area (Å²) in [7, 11) is 3.35. The van der Waals surface area contributed by atoms with Crippen molar-refractivity contribution in [2.75, 3.05) is 14.2 Å². The Balaban J connectivity index is 2.25. The van der Waals surface area contributed by atoms with Gasteiger partial charge in [-0.05, 0) is 24.7 Å². The van der Waals surface area contributed by atoms with E-state index in [1.54, 1.807) is 6.07 Å². The summed E-state index contributed by atoms with van der Waals surface area (Å²) in [6, 6.07) is 5.60. The monoisotopic (exact) mass is 299 g/mol. The van der Waals surface area contributed by atoms with E-state index in [9.17, 15) is 13.2 Å². The van der Waals surface area contributed by atoms with Crippen LogP contribution in [0.2, 0.25) is 0 Å². The van der Waals surface area contributed by atoms with Crippen molar-refractivity contribution in [1.29, 1.82) is 0 Å². The lowest BCUT2D eigenvalue weighted by Crippen LogP contribution is -2.08. The fourth-order valence-corrected chi connectivity index (χ4v) is 2.04. The largest absolute Gasteiger partial charge is 0.496 e. The Morgan fingerprint density at radius 2 is 2.10 bits per heavy atom. The van der Waals surface area contributed by atoms with E-state index in [-0.39, 0.29) is 6.54 Å². The van der Waals surface area contributed by atoms with Crippen molar-refractivity contribution in [3.8, 4) is 5.75 Å². The van der Waals surface area contributed by atoms with Crippen molar-refractivity contribution in [3.63, 3.8) is 0 Å². The predicted octanol–water partition coefficient (Wildman–Crippen LogP) is 2.68. The number of hydrogen-bond acceptors (Lipinski definition) is 3. The molecule has 7 heteroatoms. The Kier molecular flexibility index (Phi) is 4.52. The van der Waals surface area contributed by atoms with Gasteiger partial charge in [0.05, 0.1) is 25.4 Å². The van der Waals surface area contributed by atoms with Gasteiger partial charge in [-0.25, -0.2) is 0 Å². The van der Waals surface area contributed by atoms with E-state index in [2.05, 4.69) is 10.4 Å². The normalized spacial score (nSPS) is 11.7. The molecule has 0 bridgehead atoms. The number of alkyl halides is 3. The lowest BCUT2D eigenvalue weighted by Gasteiger charge is -2.11. The highest BCUT2D eigenvalue weighted by Gasteiger charge is 2.32. The zero-order chi connectivity index (χ0) is 15.5. The molecule has 0 aliphatic carbocycles. The van der Waals surface area contributed by atoms with Crippen molar-refractivity contribution in [2.45, 2.75) is 19.3 Å². The van der Waals surface area contributed by atoms with Crippen molar-refractivity contribution >= 4 is 0 Å². The van der Waals surface area contributed by atoms with Crippen molar-refractivity contribution < 1.29 is 17.9 Å². The SMILES string of the molecule is CNCc1ccc(OC)c(Cn2cc(C(F)(F)F)cn2)c1. The van der Waals surface area contributed by atoms with Gasteiger partial charge in [0.15, 0.2) is 0 Å². The molecule has 0 radical (unpaired) electrons. The van der Waals surface area contributed by atoms with Crippen LogP contribution in [-0.4, -0.2) is 23.9 Å². The van der Waals surface area contributed by atoms with Gasteiger partial charge in [-0.2, -0.15) is 18.3 Å². The Labute approximate surface area is 120 Å². The van der Waals surface area contributed by atoms with Crippen molar-refractivity contribution in [3.05, 3.63) is 47.3 Å². The fourth-order valence-electron chi connectivity index (χ4n) is 2.04. The molecule has 0 atom stereocenters. The van der Waals surface area contributed by atoms with Crippen LogP contribution in [0.3, 0.4) is 0 Å². The summed E-state index contributed by atoms with van der Waals surface area (Å²) in [5.41, 5.74) is 1.05. The van der Waals surface area contributed by atoms with Gasteiger partial charge in [0, 0.05) is 18.3 Å². The number of halogens is 3. The minimum Gasteiger partial charge on any atom is -0.496 e. The summed E-state index contributed by atoms with van der Waals surface area (Å²) in [6.45, 7) is 0.890. The minimum atomic E-state index is -4.38. The number of benzene rings is 1. The molecule has 1 N–H and O–H groups in total. The van der Waals surface area contributed by atoms with Crippen LogP contribution in [0.25, 0.3) is 0 Å². The third-order valence-corrected chi connectivity index (χ3v) is 3.02. The average molecular weight is 299 g/mol. The maximum Gasteiger partial charge on any atom is 0.419 e. The molecule has 21 heavy (non-hydrogen) atoms. The maximum atomic E-state index is 12.6. The topological polar surface area (TPSA) is 39.1 Å². The standard InChI is InChI=1S/C14H16F3N3O/c1-18-6-10-3-4-13(21-2)11(5-10)8-20-9-12(7-19-20)14(15,16)17/h3-5,7,9,18H,6,8H2,1-2H3. The van der Waals surface area contributed by atoms with Crippen LogP contribution in [0.5, 0.6) is 5.75 Å². The first-order valence-corrected chi connectivity index (χ1v) is 6.34. The first-order valence-electron chi connectivity index (χ1n) is 6.34. The maximum absolute atomic E-state index is 12.6. The van der Waals surface area contributed by atoms with Crippen LogP contribution in [-0.2, 0) is 19.3 Å². The summed E-state index contributed by atoms with van der Waals surface area (Å²) in [4.78, 5) is 0. The molecular formula is C14H16F3N3O. The summed E-state index contributed by atoms with van der Waals surface area (Å²) in [5, 5.41) is 6.78. The fraction of sp³-hybridized carbons (Fsp3) is 0.357. The lowest BCUT2D eigenvalue weighted by atomic mass is 10.1. The summed E-state index contributed by atoms with van der Waals surface area (Å²) < 4.78 is 44.2. The molecule has 0 fully saturated rings. The first kappa shape index (κ1) is 15.4. The van der Waals surface area contributed by atoms with Crippen LogP contribution in [0.1, 0.15) is 16.7 Å². The van der Waals surface area contributed by atoms with Gasteiger partial charge in [-0.1, -0.05) is 6.07 Å². The highest BCUT2D eigenvalue weighted by molar-refractivity contribution is 5.37. The molecule has 0 spiro atoms. The average Bonchev–Trinajstić information content (AvgIpc) is 2.88. The Morgan fingerprint density at radius 1 is 1.33 bits per heavy atom. The van der Waals surface area contributed by atoms with Crippen LogP contribution in [0.4, 0.5) is 13.2 Å². The highest BCUT2D eigenvalue weighted by atomic mass is 19.4. The van der Waals surface area contributed by atoms with Gasteiger partial charge >= 0.3 is 6.18 Å². The van der Waals surface area contributed by atoms with E-state index in [0.29, 0.717) is 12.3 Å². The molecule has 1 aromatic heterocycles. The summed E-state index contributed by atoms with van der Waals surface area (Å²) >= 11 is 0. The zero-order valence-corrected chi connectivity index (χ0v) is 11.7. The van der Waals surface area contributed by atoms with Gasteiger partial charge in [0.1, 0.15) is 5.75 Å². The van der Waals surface area contributed by atoms with E-state index in [1.165, 1.54) is 11.8 Å². The smallest absolute Gasteiger partial charge is 0.419 e. The third kappa shape index (κ3) is 3.75. The van der Waals surface area contributed by atoms with E-state index in [1.807, 2.05) is 19.2 Å². The molecule has 1 aromatic carbocycles. The summed E-state index contributed by atoms with van der Waals surface area (Å²) in [5.74, 6) is 0.624. The number of aromatic nitrogens is 2. The van der Waals surface area contributed by atoms with Gasteiger partial charge in [0.2, 0.25) is 0 Å². The van der Waals surface area contributed by atoms with Crippen LogP contribution in [0.15, 0.2) is 30.6 Å². The second-order valence-corrected chi connectivity index (χ2v) is 4.60. The summed E-state index contributed by atoms with van der Waals surface area (Å²) in [6.07, 6.45) is -2.57. The molecule has 4 nitrogen and oxygen atoms in total. The van der Waals surface area contributed by atoms with Crippen LogP contribution >= 0.6 is 0 Å². The number of rotatable bonds is 5. The van der Waals surface area contributed by atoms with E-state index in [0.717, 1.165) is 23.5 Å². The van der Waals surface area contributed by atoms with E-state index in [4.69, 9.17) is 4.74 Å². The van der Waals surface area contributed by atoms with Gasteiger partial charge in [-0.3, -0.25) is 4.68 Å². The zero-order valence-electron chi connectivity index (χ0n) is 11.7. The molecule has 0 aliphatic rings. The van der Waals surface area contributed by atoms with Gasteiger partial charge in [0.25, 0.3) is 0 Å². The number of nitrogens with one attached hydrogen (secondary N) is 1. The molecule has 2 rings (SSSR count). The number of nitrogens with zero attached hydrogens (tertiary/aromatic N) is 2. The second-order valence-electron chi connectivity index (χ2n) is 4.60. The molecular weight excluding hydrogens is 283 g/mol. The van der Waals surface area contributed by atoms with Gasteiger partial charge in [-0.15, -0.1) is 0 Å². The molecule has 0 unspecified atom stereocenters. The molecule has 0 amide bonds. The Bertz CT molecular complexity index is 608. The predicted molar refractivity (Wildman–Crippen MR) is 72.1 cm³/mol. The minimum absolute atomic E-state index is 0.219. The van der Waals surface area contributed by atoms with Crippen LogP contribution < -0.4 is 10.1 Å². The molecule has 1 heterocycles. The number of ether oxygens (including phenoxy) is 1. The number of hydrogen-bond donors (Lipinski definition) is 1. The molecule has 2 aromatic rings. The molecule has 0 aliphatic heterocycles. The Morgan fingerprint density at radius 3 is 2.67 bits per heavy atom. The third-order valence-electron chi connectivity index (χ3n) is 3.02. The van der Waals surface area contributed by atoms with Crippen molar-refractivity contribution in [2.24, 2.45) is 0 Å². The highest BCUT2D eigenvalue weighted by Crippen LogP contribution is 2.29.